The number of aromatic nitrogens is 3. The fourth-order valence-corrected chi connectivity index (χ4v) is 1.97. The summed E-state index contributed by atoms with van der Waals surface area (Å²) in [4.78, 5) is 4.29. The average Bonchev–Trinajstić information content (AvgIpc) is 3.11. The molecule has 0 unspecified atom stereocenters. The Morgan fingerprint density at radius 3 is 2.78 bits per heavy atom. The molecule has 1 aliphatic carbocycles. The summed E-state index contributed by atoms with van der Waals surface area (Å²) < 4.78 is 1.93. The smallest absolute Gasteiger partial charge is 0.141 e. The molecule has 1 heterocycles. The lowest BCUT2D eigenvalue weighted by molar-refractivity contribution is 0.583. The van der Waals surface area contributed by atoms with E-state index < -0.39 is 0 Å². The van der Waals surface area contributed by atoms with Gasteiger partial charge in [-0.05, 0) is 30.5 Å². The summed E-state index contributed by atoms with van der Waals surface area (Å²) in [5.74, 6) is 0.983. The summed E-state index contributed by atoms with van der Waals surface area (Å²) in [7, 11) is 0. The minimum absolute atomic E-state index is 0.686. The lowest BCUT2D eigenvalue weighted by Crippen LogP contribution is -2.19. The van der Waals surface area contributed by atoms with Gasteiger partial charge in [0.15, 0.2) is 0 Å². The van der Waals surface area contributed by atoms with Crippen molar-refractivity contribution in [3.63, 3.8) is 0 Å². The maximum atomic E-state index is 5.87. The zero-order chi connectivity index (χ0) is 12.4. The second kappa shape index (κ2) is 5.08. The van der Waals surface area contributed by atoms with Crippen LogP contribution in [0.15, 0.2) is 30.6 Å². The van der Waals surface area contributed by atoms with Gasteiger partial charge in [-0.25, -0.2) is 9.67 Å². The van der Waals surface area contributed by atoms with E-state index in [-0.39, 0.29) is 0 Å². The number of hydrogen-bond donors (Lipinski definition) is 1. The Balaban J connectivity index is 1.67. The highest BCUT2D eigenvalue weighted by Gasteiger charge is 2.20. The van der Waals surface area contributed by atoms with Crippen molar-refractivity contribution in [2.24, 2.45) is 0 Å². The van der Waals surface area contributed by atoms with Crippen LogP contribution in [0.3, 0.4) is 0 Å². The van der Waals surface area contributed by atoms with Crippen LogP contribution in [0.4, 0.5) is 0 Å². The zero-order valence-corrected chi connectivity index (χ0v) is 10.8. The molecule has 94 valence electrons. The number of hydrogen-bond acceptors (Lipinski definition) is 3. The van der Waals surface area contributed by atoms with Crippen molar-refractivity contribution >= 4 is 11.6 Å². The number of nitrogens with zero attached hydrogens (tertiary/aromatic N) is 3. The lowest BCUT2D eigenvalue weighted by atomic mass is 10.2. The SMILES string of the molecule is Clc1ccc(Cn2ncnc2CNC2CC2)cc1. The molecule has 0 atom stereocenters. The van der Waals surface area contributed by atoms with Gasteiger partial charge in [0.1, 0.15) is 12.2 Å². The molecule has 1 aromatic heterocycles. The summed E-state index contributed by atoms with van der Waals surface area (Å²) in [6.07, 6.45) is 4.18. The number of nitrogens with one attached hydrogen (secondary N) is 1. The largest absolute Gasteiger partial charge is 0.307 e. The molecule has 0 radical (unpaired) electrons. The van der Waals surface area contributed by atoms with Crippen molar-refractivity contribution in [1.29, 1.82) is 0 Å². The quantitative estimate of drug-likeness (QED) is 0.899. The van der Waals surface area contributed by atoms with E-state index in [4.69, 9.17) is 11.6 Å². The third-order valence-electron chi connectivity index (χ3n) is 3.07. The summed E-state index contributed by atoms with van der Waals surface area (Å²) >= 11 is 5.87. The van der Waals surface area contributed by atoms with Crippen molar-refractivity contribution < 1.29 is 0 Å². The molecule has 1 fully saturated rings. The summed E-state index contributed by atoms with van der Waals surface area (Å²) in [5, 5.41) is 8.47. The van der Waals surface area contributed by atoms with Crippen molar-refractivity contribution in [1.82, 2.24) is 20.1 Å². The standard InChI is InChI=1S/C13H15ClN4/c14-11-3-1-10(2-4-11)8-18-13(16-9-17-18)7-15-12-5-6-12/h1-4,9,12,15H,5-8H2. The van der Waals surface area contributed by atoms with Gasteiger partial charge in [-0.15, -0.1) is 0 Å². The summed E-state index contributed by atoms with van der Waals surface area (Å²) in [5.41, 5.74) is 1.18. The second-order valence-electron chi connectivity index (χ2n) is 4.62. The van der Waals surface area contributed by atoms with E-state index in [1.165, 1.54) is 18.4 Å². The van der Waals surface area contributed by atoms with Gasteiger partial charge in [0.2, 0.25) is 0 Å². The maximum Gasteiger partial charge on any atom is 0.141 e. The van der Waals surface area contributed by atoms with E-state index in [0.717, 1.165) is 23.9 Å². The molecule has 0 aliphatic heterocycles. The predicted octanol–water partition coefficient (Wildman–Crippen LogP) is 2.23. The van der Waals surface area contributed by atoms with Crippen LogP contribution in [-0.2, 0) is 13.1 Å². The van der Waals surface area contributed by atoms with Crippen LogP contribution >= 0.6 is 11.6 Å². The molecular weight excluding hydrogens is 248 g/mol. The Morgan fingerprint density at radius 1 is 1.28 bits per heavy atom. The first-order valence-corrected chi connectivity index (χ1v) is 6.53. The van der Waals surface area contributed by atoms with Gasteiger partial charge in [-0.1, -0.05) is 23.7 Å². The molecule has 0 spiro atoms. The molecular formula is C13H15ClN4. The Labute approximate surface area is 111 Å². The molecule has 4 nitrogen and oxygen atoms in total. The van der Waals surface area contributed by atoms with Crippen molar-refractivity contribution in [3.05, 3.63) is 47.0 Å². The van der Waals surface area contributed by atoms with Crippen LogP contribution in [0.5, 0.6) is 0 Å². The van der Waals surface area contributed by atoms with Gasteiger partial charge in [-0.2, -0.15) is 5.10 Å². The molecule has 3 rings (SSSR count). The van der Waals surface area contributed by atoms with E-state index in [9.17, 15) is 0 Å². The number of benzene rings is 1. The third-order valence-corrected chi connectivity index (χ3v) is 3.32. The van der Waals surface area contributed by atoms with Crippen LogP contribution in [0, 0.1) is 0 Å². The molecule has 1 aromatic carbocycles. The summed E-state index contributed by atoms with van der Waals surface area (Å²) in [6, 6.07) is 8.52. The first kappa shape index (κ1) is 11.7. The normalized spacial score (nSPS) is 14.9. The molecule has 0 saturated heterocycles. The predicted molar refractivity (Wildman–Crippen MR) is 70.4 cm³/mol. The zero-order valence-electron chi connectivity index (χ0n) is 10.0. The van der Waals surface area contributed by atoms with Gasteiger partial charge >= 0.3 is 0 Å². The highest BCUT2D eigenvalue weighted by atomic mass is 35.5. The molecule has 1 aliphatic rings. The summed E-state index contributed by atoms with van der Waals surface area (Å²) in [6.45, 7) is 1.52. The first-order valence-electron chi connectivity index (χ1n) is 6.16. The molecule has 1 saturated carbocycles. The van der Waals surface area contributed by atoms with E-state index >= 15 is 0 Å². The highest BCUT2D eigenvalue weighted by molar-refractivity contribution is 6.30. The first-order chi connectivity index (χ1) is 8.81. The maximum absolute atomic E-state index is 5.87. The number of rotatable bonds is 5. The topological polar surface area (TPSA) is 42.7 Å². The van der Waals surface area contributed by atoms with Gasteiger partial charge < -0.3 is 5.32 Å². The second-order valence-corrected chi connectivity index (χ2v) is 5.05. The van der Waals surface area contributed by atoms with Gasteiger partial charge in [-0.3, -0.25) is 0 Å². The van der Waals surface area contributed by atoms with E-state index in [1.54, 1.807) is 6.33 Å². The van der Waals surface area contributed by atoms with Crippen molar-refractivity contribution in [3.8, 4) is 0 Å². The van der Waals surface area contributed by atoms with Crippen molar-refractivity contribution in [2.75, 3.05) is 0 Å². The molecule has 5 heteroatoms. The third kappa shape index (κ3) is 2.89. The molecule has 0 amide bonds. The van der Waals surface area contributed by atoms with Crippen LogP contribution in [0.2, 0.25) is 5.02 Å². The molecule has 2 aromatic rings. The fourth-order valence-electron chi connectivity index (χ4n) is 1.84. The van der Waals surface area contributed by atoms with E-state index in [0.29, 0.717) is 6.04 Å². The Morgan fingerprint density at radius 2 is 2.06 bits per heavy atom. The van der Waals surface area contributed by atoms with Crippen LogP contribution in [-0.4, -0.2) is 20.8 Å². The van der Waals surface area contributed by atoms with Crippen LogP contribution in [0.25, 0.3) is 0 Å². The number of halogens is 1. The molecule has 1 N–H and O–H groups in total. The average molecular weight is 263 g/mol. The van der Waals surface area contributed by atoms with Gasteiger partial charge in [0.05, 0.1) is 13.1 Å². The minimum atomic E-state index is 0.686. The Bertz CT molecular complexity index is 516. The Kier molecular flexibility index (Phi) is 3.30. The van der Waals surface area contributed by atoms with E-state index in [1.807, 2.05) is 28.9 Å². The fraction of sp³-hybridized carbons (Fsp3) is 0.385. The minimum Gasteiger partial charge on any atom is -0.307 e. The monoisotopic (exact) mass is 262 g/mol. The van der Waals surface area contributed by atoms with Gasteiger partial charge in [0, 0.05) is 11.1 Å². The molecule has 0 bridgehead atoms. The van der Waals surface area contributed by atoms with E-state index in [2.05, 4.69) is 15.4 Å². The lowest BCUT2D eigenvalue weighted by Gasteiger charge is -2.07. The van der Waals surface area contributed by atoms with Crippen molar-refractivity contribution in [2.45, 2.75) is 32.0 Å². The van der Waals surface area contributed by atoms with Crippen LogP contribution < -0.4 is 5.32 Å². The van der Waals surface area contributed by atoms with Gasteiger partial charge in [0.25, 0.3) is 0 Å². The van der Waals surface area contributed by atoms with Crippen LogP contribution in [0.1, 0.15) is 24.2 Å². The highest BCUT2D eigenvalue weighted by Crippen LogP contribution is 2.19. The Hall–Kier alpha value is -1.39. The molecule has 18 heavy (non-hydrogen) atoms.